The van der Waals surface area contributed by atoms with Gasteiger partial charge in [0.15, 0.2) is 17.4 Å². The number of nitrogens with zero attached hydrogens (tertiary/aromatic N) is 4. The minimum absolute atomic E-state index is 0.0415. The Balaban J connectivity index is 1.56. The van der Waals surface area contributed by atoms with Gasteiger partial charge in [-0.1, -0.05) is 30.3 Å². The maximum absolute atomic E-state index is 12.5. The quantitative estimate of drug-likeness (QED) is 0.851. The Morgan fingerprint density at radius 1 is 1.13 bits per heavy atom. The number of allylic oxidation sites excluding steroid dienone is 1. The molecule has 1 aromatic heterocycles. The smallest absolute Gasteiger partial charge is 0.289 e. The fourth-order valence-electron chi connectivity index (χ4n) is 2.99. The lowest BCUT2D eigenvalue weighted by Gasteiger charge is -2.29. The van der Waals surface area contributed by atoms with Crippen LogP contribution in [0.1, 0.15) is 18.7 Å². The minimum atomic E-state index is -0.0415. The number of carbonyl (C=O) groups excluding carboxylic acids is 1. The SMILES string of the molecule is O=C(C1=CCCCO1)N1CCn2c(nnc2-c2ccccc2)C1. The van der Waals surface area contributed by atoms with Gasteiger partial charge in [-0.15, -0.1) is 10.2 Å². The van der Waals surface area contributed by atoms with Crippen molar-refractivity contribution < 1.29 is 9.53 Å². The van der Waals surface area contributed by atoms with E-state index >= 15 is 0 Å². The normalized spacial score (nSPS) is 17.2. The van der Waals surface area contributed by atoms with Gasteiger partial charge >= 0.3 is 0 Å². The number of hydrogen-bond acceptors (Lipinski definition) is 4. The molecule has 0 saturated heterocycles. The Morgan fingerprint density at radius 3 is 2.78 bits per heavy atom. The molecule has 0 radical (unpaired) electrons. The molecule has 0 aliphatic carbocycles. The van der Waals surface area contributed by atoms with E-state index in [0.29, 0.717) is 32.0 Å². The Morgan fingerprint density at radius 2 is 2.00 bits per heavy atom. The van der Waals surface area contributed by atoms with Crippen molar-refractivity contribution in [1.82, 2.24) is 19.7 Å². The summed E-state index contributed by atoms with van der Waals surface area (Å²) in [6, 6.07) is 10.0. The highest BCUT2D eigenvalue weighted by Crippen LogP contribution is 2.23. The molecule has 6 nitrogen and oxygen atoms in total. The van der Waals surface area contributed by atoms with Gasteiger partial charge in [0, 0.05) is 18.7 Å². The zero-order valence-corrected chi connectivity index (χ0v) is 12.8. The first kappa shape index (κ1) is 14.0. The van der Waals surface area contributed by atoms with E-state index in [1.807, 2.05) is 36.4 Å². The fraction of sp³-hybridized carbons (Fsp3) is 0.353. The van der Waals surface area contributed by atoms with Crippen LogP contribution in [-0.4, -0.2) is 38.7 Å². The molecular weight excluding hydrogens is 292 g/mol. The third kappa shape index (κ3) is 2.60. The molecule has 0 spiro atoms. The second kappa shape index (κ2) is 5.87. The van der Waals surface area contributed by atoms with Crippen molar-refractivity contribution in [3.05, 3.63) is 48.0 Å². The highest BCUT2D eigenvalue weighted by atomic mass is 16.5. The fourth-order valence-corrected chi connectivity index (χ4v) is 2.99. The van der Waals surface area contributed by atoms with E-state index in [0.717, 1.165) is 30.1 Å². The van der Waals surface area contributed by atoms with Crippen LogP contribution in [0, 0.1) is 0 Å². The maximum atomic E-state index is 12.5. The van der Waals surface area contributed by atoms with Gasteiger partial charge < -0.3 is 14.2 Å². The molecule has 0 N–H and O–H groups in total. The van der Waals surface area contributed by atoms with Crippen LogP contribution in [0.5, 0.6) is 0 Å². The topological polar surface area (TPSA) is 60.2 Å². The average Bonchev–Trinajstić information content (AvgIpc) is 3.06. The molecule has 0 bridgehead atoms. The summed E-state index contributed by atoms with van der Waals surface area (Å²) in [5, 5.41) is 8.57. The molecule has 1 aromatic carbocycles. The van der Waals surface area contributed by atoms with Crippen molar-refractivity contribution in [2.75, 3.05) is 13.2 Å². The molecule has 0 unspecified atom stereocenters. The standard InChI is InChI=1S/C17H18N4O2/c22-17(14-8-4-5-11-23-14)20-9-10-21-15(12-20)18-19-16(21)13-6-2-1-3-7-13/h1-3,6-8H,4-5,9-12H2. The molecule has 1 amide bonds. The van der Waals surface area contributed by atoms with E-state index in [2.05, 4.69) is 14.8 Å². The van der Waals surface area contributed by atoms with Crippen molar-refractivity contribution >= 4 is 5.91 Å². The molecular formula is C17H18N4O2. The third-order valence-electron chi connectivity index (χ3n) is 4.22. The van der Waals surface area contributed by atoms with Gasteiger partial charge in [-0.05, 0) is 18.9 Å². The molecule has 2 aromatic rings. The largest absolute Gasteiger partial charge is 0.488 e. The molecule has 0 saturated carbocycles. The molecule has 0 fully saturated rings. The highest BCUT2D eigenvalue weighted by molar-refractivity contribution is 5.91. The van der Waals surface area contributed by atoms with Gasteiger partial charge in [-0.2, -0.15) is 0 Å². The van der Waals surface area contributed by atoms with Gasteiger partial charge in [0.05, 0.1) is 13.2 Å². The first-order valence-corrected chi connectivity index (χ1v) is 7.92. The molecule has 118 valence electrons. The number of rotatable bonds is 2. The van der Waals surface area contributed by atoms with Gasteiger partial charge in [0.25, 0.3) is 5.91 Å². The van der Waals surface area contributed by atoms with Crippen molar-refractivity contribution in [3.8, 4) is 11.4 Å². The molecule has 2 aliphatic rings. The Kier molecular flexibility index (Phi) is 3.57. The zero-order chi connectivity index (χ0) is 15.6. The summed E-state index contributed by atoms with van der Waals surface area (Å²) in [6.45, 7) is 2.44. The molecule has 2 aliphatic heterocycles. The number of amides is 1. The van der Waals surface area contributed by atoms with E-state index in [-0.39, 0.29) is 5.91 Å². The number of benzene rings is 1. The van der Waals surface area contributed by atoms with Crippen LogP contribution >= 0.6 is 0 Å². The van der Waals surface area contributed by atoms with Gasteiger partial charge in [0.1, 0.15) is 0 Å². The van der Waals surface area contributed by atoms with E-state index < -0.39 is 0 Å². The summed E-state index contributed by atoms with van der Waals surface area (Å²) in [6.07, 6.45) is 3.77. The molecule has 23 heavy (non-hydrogen) atoms. The van der Waals surface area contributed by atoms with Crippen molar-refractivity contribution in [3.63, 3.8) is 0 Å². The predicted molar refractivity (Wildman–Crippen MR) is 84.1 cm³/mol. The lowest BCUT2D eigenvalue weighted by atomic mass is 10.2. The lowest BCUT2D eigenvalue weighted by molar-refractivity contribution is -0.132. The summed E-state index contributed by atoms with van der Waals surface area (Å²) in [5.74, 6) is 2.12. The summed E-state index contributed by atoms with van der Waals surface area (Å²) >= 11 is 0. The second-order valence-corrected chi connectivity index (χ2v) is 5.74. The average molecular weight is 310 g/mol. The second-order valence-electron chi connectivity index (χ2n) is 5.74. The number of fused-ring (bicyclic) bond motifs is 1. The van der Waals surface area contributed by atoms with Gasteiger partial charge in [-0.25, -0.2) is 0 Å². The minimum Gasteiger partial charge on any atom is -0.488 e. The van der Waals surface area contributed by atoms with E-state index in [4.69, 9.17) is 4.74 Å². The Bertz CT molecular complexity index is 751. The van der Waals surface area contributed by atoms with Crippen molar-refractivity contribution in [2.45, 2.75) is 25.9 Å². The highest BCUT2D eigenvalue weighted by Gasteiger charge is 2.27. The van der Waals surface area contributed by atoms with Crippen LogP contribution in [-0.2, 0) is 22.6 Å². The maximum Gasteiger partial charge on any atom is 0.289 e. The molecule has 4 rings (SSSR count). The van der Waals surface area contributed by atoms with Crippen LogP contribution in [0.2, 0.25) is 0 Å². The molecule has 0 atom stereocenters. The lowest BCUT2D eigenvalue weighted by Crippen LogP contribution is -2.40. The molecule has 3 heterocycles. The first-order valence-electron chi connectivity index (χ1n) is 7.92. The zero-order valence-electron chi connectivity index (χ0n) is 12.8. The van der Waals surface area contributed by atoms with E-state index in [1.165, 1.54) is 0 Å². The summed E-state index contributed by atoms with van der Waals surface area (Å²) in [4.78, 5) is 14.3. The van der Waals surface area contributed by atoms with E-state index in [9.17, 15) is 4.79 Å². The van der Waals surface area contributed by atoms with Gasteiger partial charge in [0.2, 0.25) is 0 Å². The number of aromatic nitrogens is 3. The Labute approximate surface area is 134 Å². The van der Waals surface area contributed by atoms with Crippen LogP contribution in [0.25, 0.3) is 11.4 Å². The number of hydrogen-bond donors (Lipinski definition) is 0. The predicted octanol–water partition coefficient (Wildman–Crippen LogP) is 1.98. The van der Waals surface area contributed by atoms with Gasteiger partial charge in [-0.3, -0.25) is 4.79 Å². The Hall–Kier alpha value is -2.63. The summed E-state index contributed by atoms with van der Waals surface area (Å²) < 4.78 is 7.58. The van der Waals surface area contributed by atoms with Crippen molar-refractivity contribution in [2.24, 2.45) is 0 Å². The first-order chi connectivity index (χ1) is 11.3. The number of carbonyl (C=O) groups is 1. The van der Waals surface area contributed by atoms with Crippen LogP contribution in [0.3, 0.4) is 0 Å². The monoisotopic (exact) mass is 310 g/mol. The van der Waals surface area contributed by atoms with Crippen molar-refractivity contribution in [1.29, 1.82) is 0 Å². The van der Waals surface area contributed by atoms with Crippen LogP contribution in [0.4, 0.5) is 0 Å². The van der Waals surface area contributed by atoms with Crippen LogP contribution < -0.4 is 0 Å². The number of ether oxygens (including phenoxy) is 1. The third-order valence-corrected chi connectivity index (χ3v) is 4.22. The molecule has 6 heteroatoms. The van der Waals surface area contributed by atoms with Crippen LogP contribution in [0.15, 0.2) is 42.2 Å². The summed E-state index contributed by atoms with van der Waals surface area (Å²) in [7, 11) is 0. The van der Waals surface area contributed by atoms with E-state index in [1.54, 1.807) is 4.90 Å². The summed E-state index contributed by atoms with van der Waals surface area (Å²) in [5.41, 5.74) is 1.05.